The molecule has 2 aromatic heterocycles. The van der Waals surface area contributed by atoms with Gasteiger partial charge in [-0.2, -0.15) is 5.10 Å². The Balaban J connectivity index is 1.13. The molecule has 0 N–H and O–H groups in total. The van der Waals surface area contributed by atoms with Crippen molar-refractivity contribution in [3.05, 3.63) is 71.6 Å². The maximum atomic E-state index is 6.79. The number of rotatable bonds is 5. The molecule has 4 aromatic rings. The van der Waals surface area contributed by atoms with E-state index in [2.05, 4.69) is 28.9 Å². The Morgan fingerprint density at radius 2 is 1.91 bits per heavy atom. The molecule has 0 radical (unpaired) electrons. The summed E-state index contributed by atoms with van der Waals surface area (Å²) in [5, 5.41) is 7.17. The van der Waals surface area contributed by atoms with Crippen LogP contribution in [0.5, 0.6) is 0 Å². The molecule has 2 saturated heterocycles. The summed E-state index contributed by atoms with van der Waals surface area (Å²) in [7, 11) is 0. The second-order valence-corrected chi connectivity index (χ2v) is 11.2. The zero-order valence-corrected chi connectivity index (χ0v) is 21.3. The molecule has 0 aliphatic carbocycles. The summed E-state index contributed by atoms with van der Waals surface area (Å²) in [5.74, 6) is 0.944. The van der Waals surface area contributed by atoms with Crippen LogP contribution in [0.25, 0.3) is 10.9 Å². The van der Waals surface area contributed by atoms with E-state index in [-0.39, 0.29) is 0 Å². The molecule has 0 unspecified atom stereocenters. The van der Waals surface area contributed by atoms with E-state index in [9.17, 15) is 0 Å². The SMILES string of the molecule is C[C@H]1CC2(CCN(c3cnc(Sc4ccc5nn(Cc6ccccc6)cc5c4Cl)cn3)CC2)CO1. The van der Waals surface area contributed by atoms with Crippen molar-refractivity contribution in [2.75, 3.05) is 24.6 Å². The van der Waals surface area contributed by atoms with Crippen LogP contribution in [0.4, 0.5) is 5.82 Å². The standard InChI is InChI=1S/C27H28ClN5OS/c1-19-13-27(18-34-19)9-11-32(12-10-27)24-14-30-25(15-29-24)35-23-8-7-22-21(26(23)28)17-33(31-22)16-20-5-3-2-4-6-20/h2-8,14-15,17,19H,9-13,16,18H2,1H3/t19-/m0/s1. The second-order valence-electron chi connectivity index (χ2n) is 9.75. The summed E-state index contributed by atoms with van der Waals surface area (Å²) in [4.78, 5) is 12.7. The van der Waals surface area contributed by atoms with Crippen LogP contribution in [0.2, 0.25) is 5.02 Å². The second kappa shape index (κ2) is 9.45. The first-order valence-electron chi connectivity index (χ1n) is 12.1. The molecule has 4 heterocycles. The van der Waals surface area contributed by atoms with E-state index in [1.54, 1.807) is 0 Å². The van der Waals surface area contributed by atoms with Gasteiger partial charge in [-0.3, -0.25) is 4.68 Å². The van der Waals surface area contributed by atoms with Gasteiger partial charge in [-0.05, 0) is 49.3 Å². The van der Waals surface area contributed by atoms with Gasteiger partial charge in [0.05, 0.1) is 42.2 Å². The average Bonchev–Trinajstić information content (AvgIpc) is 3.46. The molecule has 0 bridgehead atoms. The van der Waals surface area contributed by atoms with Crippen molar-refractivity contribution in [2.24, 2.45) is 5.41 Å². The zero-order chi connectivity index (χ0) is 23.8. The summed E-state index contributed by atoms with van der Waals surface area (Å²) < 4.78 is 7.80. The number of hydrogen-bond donors (Lipinski definition) is 0. The van der Waals surface area contributed by atoms with Crippen molar-refractivity contribution in [1.82, 2.24) is 19.7 Å². The summed E-state index contributed by atoms with van der Waals surface area (Å²) >= 11 is 8.33. The van der Waals surface area contributed by atoms with Crippen molar-refractivity contribution in [2.45, 2.75) is 48.8 Å². The van der Waals surface area contributed by atoms with Crippen molar-refractivity contribution in [3.8, 4) is 0 Å². The Hall–Kier alpha value is -2.61. The highest BCUT2D eigenvalue weighted by molar-refractivity contribution is 7.99. The van der Waals surface area contributed by atoms with Crippen LogP contribution in [0.15, 0.2) is 71.0 Å². The van der Waals surface area contributed by atoms with E-state index in [1.165, 1.54) is 23.7 Å². The first-order chi connectivity index (χ1) is 17.1. The third-order valence-electron chi connectivity index (χ3n) is 7.19. The van der Waals surface area contributed by atoms with Crippen molar-refractivity contribution >= 4 is 40.1 Å². The van der Waals surface area contributed by atoms with Gasteiger partial charge in [-0.1, -0.05) is 53.7 Å². The molecule has 35 heavy (non-hydrogen) atoms. The number of hydrogen-bond acceptors (Lipinski definition) is 6. The van der Waals surface area contributed by atoms with Gasteiger partial charge in [0.2, 0.25) is 0 Å². The average molecular weight is 506 g/mol. The first-order valence-corrected chi connectivity index (χ1v) is 13.3. The number of nitrogens with zero attached hydrogens (tertiary/aromatic N) is 5. The van der Waals surface area contributed by atoms with Crippen LogP contribution in [0.1, 0.15) is 31.7 Å². The number of anilines is 1. The monoisotopic (exact) mass is 505 g/mol. The Bertz CT molecular complexity index is 1320. The minimum absolute atomic E-state index is 0.365. The van der Waals surface area contributed by atoms with Gasteiger partial charge in [-0.15, -0.1) is 0 Å². The summed E-state index contributed by atoms with van der Waals surface area (Å²) in [6, 6.07) is 14.3. The summed E-state index contributed by atoms with van der Waals surface area (Å²) in [6.45, 7) is 5.81. The van der Waals surface area contributed by atoms with Crippen LogP contribution in [-0.2, 0) is 11.3 Å². The van der Waals surface area contributed by atoms with Crippen molar-refractivity contribution in [3.63, 3.8) is 0 Å². The van der Waals surface area contributed by atoms with E-state index in [4.69, 9.17) is 26.4 Å². The lowest BCUT2D eigenvalue weighted by atomic mass is 9.77. The molecule has 6 nitrogen and oxygen atoms in total. The van der Waals surface area contributed by atoms with Gasteiger partial charge in [-0.25, -0.2) is 9.97 Å². The molecule has 2 aliphatic heterocycles. The lowest BCUT2D eigenvalue weighted by molar-refractivity contribution is 0.0976. The molecule has 6 rings (SSSR count). The molecular formula is C27H28ClN5OS. The minimum Gasteiger partial charge on any atom is -0.378 e. The minimum atomic E-state index is 0.365. The molecule has 2 aliphatic rings. The van der Waals surface area contributed by atoms with Crippen LogP contribution < -0.4 is 4.90 Å². The third kappa shape index (κ3) is 4.77. The predicted molar refractivity (Wildman–Crippen MR) is 140 cm³/mol. The molecule has 180 valence electrons. The van der Waals surface area contributed by atoms with Crippen molar-refractivity contribution in [1.29, 1.82) is 0 Å². The van der Waals surface area contributed by atoms with Crippen LogP contribution in [-0.4, -0.2) is 45.5 Å². The van der Waals surface area contributed by atoms with Gasteiger partial charge >= 0.3 is 0 Å². The van der Waals surface area contributed by atoms with E-state index in [0.29, 0.717) is 23.1 Å². The van der Waals surface area contributed by atoms with E-state index >= 15 is 0 Å². The Morgan fingerprint density at radius 3 is 2.63 bits per heavy atom. The number of benzene rings is 2. The predicted octanol–water partition coefficient (Wildman–Crippen LogP) is 6.07. The third-order valence-corrected chi connectivity index (χ3v) is 8.69. The molecular weight excluding hydrogens is 478 g/mol. The fourth-order valence-electron chi connectivity index (χ4n) is 5.26. The van der Waals surface area contributed by atoms with Crippen LogP contribution in [0, 0.1) is 5.41 Å². The van der Waals surface area contributed by atoms with E-state index in [0.717, 1.165) is 59.2 Å². The number of piperidine rings is 1. The quantitative estimate of drug-likeness (QED) is 0.328. The van der Waals surface area contributed by atoms with Gasteiger partial charge in [0, 0.05) is 29.6 Å². The largest absolute Gasteiger partial charge is 0.378 e. The smallest absolute Gasteiger partial charge is 0.147 e. The summed E-state index contributed by atoms with van der Waals surface area (Å²) in [6.07, 6.45) is 9.64. The highest BCUT2D eigenvalue weighted by Crippen LogP contribution is 2.42. The molecule has 8 heteroatoms. The molecule has 0 amide bonds. The molecule has 1 spiro atoms. The number of halogens is 1. The number of aromatic nitrogens is 4. The van der Waals surface area contributed by atoms with Gasteiger partial charge < -0.3 is 9.64 Å². The molecule has 0 saturated carbocycles. The lowest BCUT2D eigenvalue weighted by Gasteiger charge is -2.38. The Kier molecular flexibility index (Phi) is 6.16. The maximum Gasteiger partial charge on any atom is 0.147 e. The lowest BCUT2D eigenvalue weighted by Crippen LogP contribution is -2.41. The number of fused-ring (bicyclic) bond motifs is 1. The Labute approximate surface area is 214 Å². The number of ether oxygens (including phenoxy) is 1. The van der Waals surface area contributed by atoms with E-state index in [1.807, 2.05) is 53.6 Å². The first kappa shape index (κ1) is 22.8. The van der Waals surface area contributed by atoms with Gasteiger partial charge in [0.25, 0.3) is 0 Å². The van der Waals surface area contributed by atoms with Crippen LogP contribution >= 0.6 is 23.4 Å². The fourth-order valence-corrected chi connectivity index (χ4v) is 6.36. The zero-order valence-electron chi connectivity index (χ0n) is 19.7. The highest BCUT2D eigenvalue weighted by Gasteiger charge is 2.41. The van der Waals surface area contributed by atoms with Crippen LogP contribution in [0.3, 0.4) is 0 Å². The molecule has 1 atom stereocenters. The normalized spacial score (nSPS) is 19.6. The summed E-state index contributed by atoms with van der Waals surface area (Å²) in [5.41, 5.74) is 2.46. The molecule has 2 aromatic carbocycles. The fraction of sp³-hybridized carbons (Fsp3) is 0.370. The van der Waals surface area contributed by atoms with Gasteiger partial charge in [0.1, 0.15) is 10.8 Å². The van der Waals surface area contributed by atoms with Gasteiger partial charge in [0.15, 0.2) is 0 Å². The molecule has 2 fully saturated rings. The Morgan fingerprint density at radius 1 is 1.09 bits per heavy atom. The maximum absolute atomic E-state index is 6.79. The van der Waals surface area contributed by atoms with Crippen molar-refractivity contribution < 1.29 is 4.74 Å². The highest BCUT2D eigenvalue weighted by atomic mass is 35.5. The van der Waals surface area contributed by atoms with E-state index < -0.39 is 0 Å². The topological polar surface area (TPSA) is 56.1 Å².